The predicted molar refractivity (Wildman–Crippen MR) is 126 cm³/mol. The van der Waals surface area contributed by atoms with Crippen LogP contribution in [0.3, 0.4) is 0 Å². The molecule has 4 heteroatoms. The number of hydrogen-bond donors (Lipinski definition) is 0. The number of ether oxygens (including phenoxy) is 1. The number of fused-ring (bicyclic) bond motifs is 1. The van der Waals surface area contributed by atoms with Crippen LogP contribution < -0.4 is 4.74 Å². The normalized spacial score (nSPS) is 11.1. The third kappa shape index (κ3) is 4.88. The van der Waals surface area contributed by atoms with E-state index in [0.717, 1.165) is 40.7 Å². The quantitative estimate of drug-likeness (QED) is 0.265. The van der Waals surface area contributed by atoms with Gasteiger partial charge in [0.15, 0.2) is 5.16 Å². The molecule has 0 aliphatic heterocycles. The van der Waals surface area contributed by atoms with Gasteiger partial charge in [0, 0.05) is 16.6 Å². The van der Waals surface area contributed by atoms with Gasteiger partial charge in [0.1, 0.15) is 5.75 Å². The molecule has 1 aromatic heterocycles. The molecule has 0 N–H and O–H groups in total. The molecular formula is C26H28N2OS. The Kier molecular flexibility index (Phi) is 6.75. The van der Waals surface area contributed by atoms with E-state index in [2.05, 4.69) is 79.1 Å². The number of imidazole rings is 1. The summed E-state index contributed by atoms with van der Waals surface area (Å²) in [5.41, 5.74) is 4.41. The van der Waals surface area contributed by atoms with Crippen LogP contribution in [0.1, 0.15) is 38.2 Å². The number of unbranched alkanes of at least 4 members (excludes halogenated alkanes) is 3. The van der Waals surface area contributed by atoms with Crippen molar-refractivity contribution in [1.82, 2.24) is 9.55 Å². The van der Waals surface area contributed by atoms with Crippen LogP contribution in [0.15, 0.2) is 82.8 Å². The van der Waals surface area contributed by atoms with E-state index in [9.17, 15) is 0 Å². The fourth-order valence-corrected chi connectivity index (χ4v) is 4.39. The lowest BCUT2D eigenvalue weighted by molar-refractivity contribution is 0.305. The molecule has 0 saturated carbocycles. The van der Waals surface area contributed by atoms with Crippen molar-refractivity contribution in [3.8, 4) is 11.4 Å². The van der Waals surface area contributed by atoms with Crippen LogP contribution in [0.5, 0.6) is 5.75 Å². The summed E-state index contributed by atoms with van der Waals surface area (Å²) in [6.45, 7) is 5.10. The topological polar surface area (TPSA) is 27.1 Å². The van der Waals surface area contributed by atoms with Crippen molar-refractivity contribution in [2.24, 2.45) is 0 Å². The molecule has 3 nitrogen and oxygen atoms in total. The lowest BCUT2D eigenvalue weighted by Gasteiger charge is -2.11. The summed E-state index contributed by atoms with van der Waals surface area (Å²) in [4.78, 5) is 6.11. The number of hydrogen-bond acceptors (Lipinski definition) is 3. The maximum absolute atomic E-state index is 6.05. The molecule has 0 amide bonds. The monoisotopic (exact) mass is 416 g/mol. The second-order valence-corrected chi connectivity index (χ2v) is 8.58. The summed E-state index contributed by atoms with van der Waals surface area (Å²) in [7, 11) is 0. The molecule has 154 valence electrons. The van der Waals surface area contributed by atoms with Crippen LogP contribution in [0, 0.1) is 6.92 Å². The van der Waals surface area contributed by atoms with Gasteiger partial charge in [0.2, 0.25) is 0 Å². The Bertz CT molecular complexity index is 1090. The van der Waals surface area contributed by atoms with E-state index in [1.165, 1.54) is 29.7 Å². The van der Waals surface area contributed by atoms with E-state index in [0.29, 0.717) is 0 Å². The molecule has 0 radical (unpaired) electrons. The third-order valence-electron chi connectivity index (χ3n) is 5.11. The summed E-state index contributed by atoms with van der Waals surface area (Å²) in [5, 5.41) is 0.958. The Morgan fingerprint density at radius 3 is 2.47 bits per heavy atom. The summed E-state index contributed by atoms with van der Waals surface area (Å²) in [6, 6.07) is 25.2. The maximum Gasteiger partial charge on any atom is 0.178 e. The van der Waals surface area contributed by atoms with Crippen molar-refractivity contribution in [3.63, 3.8) is 0 Å². The molecule has 0 fully saturated rings. The van der Waals surface area contributed by atoms with Crippen molar-refractivity contribution in [2.45, 2.75) is 49.6 Å². The van der Waals surface area contributed by atoms with E-state index >= 15 is 0 Å². The summed E-state index contributed by atoms with van der Waals surface area (Å²) >= 11 is 1.68. The summed E-state index contributed by atoms with van der Waals surface area (Å²) in [6.07, 6.45) is 4.82. The van der Waals surface area contributed by atoms with Crippen molar-refractivity contribution >= 4 is 22.8 Å². The molecule has 1 heterocycles. The first kappa shape index (κ1) is 20.5. The fraction of sp³-hybridized carbons (Fsp3) is 0.269. The molecule has 0 aliphatic carbocycles. The molecule has 0 bridgehead atoms. The molecule has 3 aromatic carbocycles. The average molecular weight is 417 g/mol. The Labute approximate surface area is 183 Å². The van der Waals surface area contributed by atoms with E-state index in [-0.39, 0.29) is 0 Å². The Hall–Kier alpha value is -2.72. The van der Waals surface area contributed by atoms with Crippen LogP contribution >= 0.6 is 11.8 Å². The molecule has 0 saturated heterocycles. The second kappa shape index (κ2) is 9.86. The highest BCUT2D eigenvalue weighted by Gasteiger charge is 2.15. The number of aryl methyl sites for hydroxylation is 1. The van der Waals surface area contributed by atoms with Gasteiger partial charge in [-0.3, -0.25) is 4.57 Å². The van der Waals surface area contributed by atoms with E-state index in [1.807, 2.05) is 12.1 Å². The second-order valence-electron chi connectivity index (χ2n) is 7.54. The van der Waals surface area contributed by atoms with Crippen LogP contribution in [-0.4, -0.2) is 16.2 Å². The highest BCUT2D eigenvalue weighted by molar-refractivity contribution is 7.99. The zero-order valence-corrected chi connectivity index (χ0v) is 18.5. The average Bonchev–Trinajstić information content (AvgIpc) is 3.12. The van der Waals surface area contributed by atoms with Crippen molar-refractivity contribution < 1.29 is 4.74 Å². The molecule has 0 spiro atoms. The van der Waals surface area contributed by atoms with Gasteiger partial charge in [-0.1, -0.05) is 73.8 Å². The van der Waals surface area contributed by atoms with Gasteiger partial charge in [-0.15, -0.1) is 0 Å². The van der Waals surface area contributed by atoms with Crippen molar-refractivity contribution in [3.05, 3.63) is 78.4 Å². The Morgan fingerprint density at radius 2 is 1.70 bits per heavy atom. The molecule has 0 aliphatic rings. The van der Waals surface area contributed by atoms with Gasteiger partial charge < -0.3 is 4.74 Å². The lowest BCUT2D eigenvalue weighted by Crippen LogP contribution is -1.99. The number of rotatable bonds is 9. The van der Waals surface area contributed by atoms with E-state index in [1.54, 1.807) is 11.8 Å². The SMILES string of the molecule is CCCCCCOc1ccc2nc(Sc3ccccc3)n(-c3ccc(C)cc3)c2c1. The minimum Gasteiger partial charge on any atom is -0.494 e. The smallest absolute Gasteiger partial charge is 0.178 e. The van der Waals surface area contributed by atoms with Gasteiger partial charge in [0.05, 0.1) is 17.6 Å². The minimum atomic E-state index is 0.760. The first-order valence-electron chi connectivity index (χ1n) is 10.7. The fourth-order valence-electron chi connectivity index (χ4n) is 3.45. The third-order valence-corrected chi connectivity index (χ3v) is 6.07. The zero-order chi connectivity index (χ0) is 20.8. The van der Waals surface area contributed by atoms with Gasteiger partial charge in [-0.05, 0) is 49.7 Å². The van der Waals surface area contributed by atoms with E-state index < -0.39 is 0 Å². The minimum absolute atomic E-state index is 0.760. The first-order valence-corrected chi connectivity index (χ1v) is 11.5. The van der Waals surface area contributed by atoms with Gasteiger partial charge >= 0.3 is 0 Å². The van der Waals surface area contributed by atoms with Crippen LogP contribution in [0.25, 0.3) is 16.7 Å². The molecular weight excluding hydrogens is 388 g/mol. The predicted octanol–water partition coefficient (Wildman–Crippen LogP) is 7.44. The number of nitrogens with zero attached hydrogens (tertiary/aromatic N) is 2. The van der Waals surface area contributed by atoms with Gasteiger partial charge in [0.25, 0.3) is 0 Å². The van der Waals surface area contributed by atoms with Gasteiger partial charge in [-0.2, -0.15) is 0 Å². The Morgan fingerprint density at radius 1 is 0.900 bits per heavy atom. The highest BCUT2D eigenvalue weighted by Crippen LogP contribution is 2.34. The van der Waals surface area contributed by atoms with Crippen LogP contribution in [0.2, 0.25) is 0 Å². The molecule has 4 rings (SSSR count). The zero-order valence-electron chi connectivity index (χ0n) is 17.7. The number of benzene rings is 3. The Balaban J connectivity index is 1.69. The lowest BCUT2D eigenvalue weighted by atomic mass is 10.2. The van der Waals surface area contributed by atoms with Crippen LogP contribution in [-0.2, 0) is 0 Å². The molecule has 30 heavy (non-hydrogen) atoms. The number of aromatic nitrogens is 2. The summed E-state index contributed by atoms with van der Waals surface area (Å²) < 4.78 is 8.28. The first-order chi connectivity index (χ1) is 14.7. The van der Waals surface area contributed by atoms with Crippen molar-refractivity contribution in [2.75, 3.05) is 6.61 Å². The molecule has 0 unspecified atom stereocenters. The van der Waals surface area contributed by atoms with E-state index in [4.69, 9.17) is 9.72 Å². The standard InChI is InChI=1S/C26H28N2OS/c1-3-4-5-9-18-29-22-16-17-24-25(19-22)28(21-14-12-20(2)13-15-21)26(27-24)30-23-10-7-6-8-11-23/h6-8,10-17,19H,3-5,9,18H2,1-2H3. The maximum atomic E-state index is 6.05. The summed E-state index contributed by atoms with van der Waals surface area (Å²) in [5.74, 6) is 0.906. The van der Waals surface area contributed by atoms with Gasteiger partial charge in [-0.25, -0.2) is 4.98 Å². The molecule has 0 atom stereocenters. The largest absolute Gasteiger partial charge is 0.494 e. The van der Waals surface area contributed by atoms with Crippen LogP contribution in [0.4, 0.5) is 0 Å². The molecule has 4 aromatic rings. The van der Waals surface area contributed by atoms with Crippen molar-refractivity contribution in [1.29, 1.82) is 0 Å². The highest BCUT2D eigenvalue weighted by atomic mass is 32.2.